The first kappa shape index (κ1) is 12.0. The molecule has 0 N–H and O–H groups in total. The van der Waals surface area contributed by atoms with Gasteiger partial charge in [-0.1, -0.05) is 12.1 Å². The van der Waals surface area contributed by atoms with Crippen molar-refractivity contribution in [2.75, 3.05) is 6.54 Å². The van der Waals surface area contributed by atoms with Gasteiger partial charge in [0.2, 0.25) is 0 Å². The highest BCUT2D eigenvalue weighted by Gasteiger charge is 2.49. The number of hydrogen-bond donors (Lipinski definition) is 0. The maximum atomic E-state index is 12.4. The highest BCUT2D eigenvalue weighted by atomic mass is 19.4. The third-order valence-corrected chi connectivity index (χ3v) is 4.31. The van der Waals surface area contributed by atoms with Crippen LogP contribution in [-0.2, 0) is 12.7 Å². The number of benzene rings is 1. The number of alkyl halides is 3. The molecule has 1 aliphatic heterocycles. The molecule has 3 atom stereocenters. The molecule has 3 rings (SSSR count). The fraction of sp³-hybridized carbons (Fsp3) is 0.571. The molecule has 1 aromatic carbocycles. The third kappa shape index (κ3) is 2.14. The van der Waals surface area contributed by atoms with E-state index in [2.05, 4.69) is 11.8 Å². The fourth-order valence-corrected chi connectivity index (χ4v) is 3.05. The second kappa shape index (κ2) is 3.98. The summed E-state index contributed by atoms with van der Waals surface area (Å²) in [4.78, 5) is 2.38. The Morgan fingerprint density at radius 2 is 1.89 bits per heavy atom. The maximum Gasteiger partial charge on any atom is 0.416 e. The van der Waals surface area contributed by atoms with Crippen LogP contribution < -0.4 is 0 Å². The van der Waals surface area contributed by atoms with Gasteiger partial charge in [0.05, 0.1) is 5.56 Å². The van der Waals surface area contributed by atoms with Gasteiger partial charge in [0.15, 0.2) is 0 Å². The summed E-state index contributed by atoms with van der Waals surface area (Å²) in [6.07, 6.45) is -2.90. The first-order valence-corrected chi connectivity index (χ1v) is 6.35. The van der Waals surface area contributed by atoms with Crippen molar-refractivity contribution in [2.24, 2.45) is 11.8 Å². The van der Waals surface area contributed by atoms with Gasteiger partial charge in [-0.25, -0.2) is 0 Å². The molecule has 1 saturated heterocycles. The third-order valence-electron chi connectivity index (χ3n) is 4.31. The van der Waals surface area contributed by atoms with Crippen molar-refractivity contribution in [3.05, 3.63) is 35.4 Å². The number of halogens is 3. The lowest BCUT2D eigenvalue weighted by molar-refractivity contribution is -0.137. The summed E-state index contributed by atoms with van der Waals surface area (Å²) >= 11 is 0. The smallest absolute Gasteiger partial charge is 0.296 e. The summed E-state index contributed by atoms with van der Waals surface area (Å²) in [7, 11) is 0. The molecule has 1 aliphatic carbocycles. The van der Waals surface area contributed by atoms with Crippen molar-refractivity contribution in [3.8, 4) is 0 Å². The van der Waals surface area contributed by atoms with Gasteiger partial charge in [0, 0.05) is 19.1 Å². The Bertz CT molecular complexity index is 437. The number of hydrogen-bond acceptors (Lipinski definition) is 1. The number of rotatable bonds is 2. The highest BCUT2D eigenvalue weighted by Crippen LogP contribution is 2.49. The zero-order chi connectivity index (χ0) is 12.9. The van der Waals surface area contributed by atoms with E-state index in [4.69, 9.17) is 0 Å². The van der Waals surface area contributed by atoms with Crippen LogP contribution in [-0.4, -0.2) is 17.5 Å². The van der Waals surface area contributed by atoms with Gasteiger partial charge in [0.1, 0.15) is 0 Å². The fourth-order valence-electron chi connectivity index (χ4n) is 3.05. The Balaban J connectivity index is 1.67. The van der Waals surface area contributed by atoms with Crippen LogP contribution in [0.4, 0.5) is 13.2 Å². The minimum absolute atomic E-state index is 0.566. The molecule has 2 unspecified atom stereocenters. The van der Waals surface area contributed by atoms with Gasteiger partial charge in [0.25, 0.3) is 0 Å². The summed E-state index contributed by atoms with van der Waals surface area (Å²) < 4.78 is 37.3. The van der Waals surface area contributed by atoms with Crippen LogP contribution in [0.5, 0.6) is 0 Å². The average molecular weight is 255 g/mol. The van der Waals surface area contributed by atoms with Gasteiger partial charge in [-0.2, -0.15) is 13.2 Å². The Labute approximate surface area is 105 Å². The molecule has 0 spiro atoms. The van der Waals surface area contributed by atoms with Crippen molar-refractivity contribution in [1.29, 1.82) is 0 Å². The molecule has 18 heavy (non-hydrogen) atoms. The lowest BCUT2D eigenvalue weighted by atomic mass is 10.1. The molecule has 98 valence electrons. The van der Waals surface area contributed by atoms with Crippen LogP contribution in [0.15, 0.2) is 24.3 Å². The molecular weight excluding hydrogens is 239 g/mol. The molecule has 1 nitrogen and oxygen atoms in total. The topological polar surface area (TPSA) is 3.24 Å². The van der Waals surface area contributed by atoms with E-state index in [9.17, 15) is 13.2 Å². The molecule has 0 amide bonds. The van der Waals surface area contributed by atoms with Gasteiger partial charge in [-0.05, 0) is 42.9 Å². The number of piperidine rings is 1. The molecule has 1 aromatic rings. The van der Waals surface area contributed by atoms with Crippen molar-refractivity contribution < 1.29 is 13.2 Å². The van der Waals surface area contributed by atoms with E-state index in [0.717, 1.165) is 30.5 Å². The number of nitrogens with zero attached hydrogens (tertiary/aromatic N) is 1. The quantitative estimate of drug-likeness (QED) is 0.781. The monoisotopic (exact) mass is 255 g/mol. The van der Waals surface area contributed by atoms with Crippen molar-refractivity contribution in [1.82, 2.24) is 4.90 Å². The van der Waals surface area contributed by atoms with E-state index in [0.29, 0.717) is 6.04 Å². The van der Waals surface area contributed by atoms with Gasteiger partial charge in [-0.3, -0.25) is 4.90 Å². The maximum absolute atomic E-state index is 12.4. The van der Waals surface area contributed by atoms with Crippen molar-refractivity contribution in [2.45, 2.75) is 32.1 Å². The predicted octanol–water partition coefficient (Wildman–Crippen LogP) is 3.55. The SMILES string of the molecule is CC1C2C[C@@H]2CN1Cc1ccc(C(F)(F)F)cc1. The summed E-state index contributed by atoms with van der Waals surface area (Å²) in [5.41, 5.74) is 0.403. The van der Waals surface area contributed by atoms with Crippen LogP contribution in [0.2, 0.25) is 0 Å². The van der Waals surface area contributed by atoms with E-state index in [-0.39, 0.29) is 0 Å². The standard InChI is InChI=1S/C14H16F3N/c1-9-13-6-11(13)8-18(9)7-10-2-4-12(5-3-10)14(15,16)17/h2-5,9,11,13H,6-8H2,1H3/t9?,11-,13?/m1/s1. The van der Waals surface area contributed by atoms with Gasteiger partial charge >= 0.3 is 6.18 Å². The first-order chi connectivity index (χ1) is 8.45. The van der Waals surface area contributed by atoms with E-state index in [1.54, 1.807) is 12.1 Å². The summed E-state index contributed by atoms with van der Waals surface area (Å²) in [6.45, 7) is 4.10. The normalized spacial score (nSPS) is 31.4. The summed E-state index contributed by atoms with van der Waals surface area (Å²) in [5, 5.41) is 0. The Morgan fingerprint density at radius 1 is 1.22 bits per heavy atom. The molecule has 0 bridgehead atoms. The molecule has 0 radical (unpaired) electrons. The molecule has 1 heterocycles. The molecule has 2 aliphatic rings. The van der Waals surface area contributed by atoms with E-state index in [1.807, 2.05) is 0 Å². The van der Waals surface area contributed by atoms with E-state index < -0.39 is 11.7 Å². The van der Waals surface area contributed by atoms with Crippen LogP contribution in [0.25, 0.3) is 0 Å². The zero-order valence-corrected chi connectivity index (χ0v) is 10.2. The van der Waals surface area contributed by atoms with E-state index in [1.165, 1.54) is 18.6 Å². The number of fused-ring (bicyclic) bond motifs is 1. The minimum Gasteiger partial charge on any atom is -0.296 e. The molecule has 0 aromatic heterocycles. The van der Waals surface area contributed by atoms with Crippen LogP contribution >= 0.6 is 0 Å². The second-order valence-electron chi connectivity index (χ2n) is 5.52. The highest BCUT2D eigenvalue weighted by molar-refractivity contribution is 5.25. The molecule has 4 heteroatoms. The van der Waals surface area contributed by atoms with Crippen LogP contribution in [0.3, 0.4) is 0 Å². The van der Waals surface area contributed by atoms with Crippen molar-refractivity contribution in [3.63, 3.8) is 0 Å². The first-order valence-electron chi connectivity index (χ1n) is 6.35. The van der Waals surface area contributed by atoms with Crippen molar-refractivity contribution >= 4 is 0 Å². The van der Waals surface area contributed by atoms with E-state index >= 15 is 0 Å². The summed E-state index contributed by atoms with van der Waals surface area (Å²) in [6, 6.07) is 6.13. The lowest BCUT2D eigenvalue weighted by Crippen LogP contribution is -2.30. The lowest BCUT2D eigenvalue weighted by Gasteiger charge is -2.24. The average Bonchev–Trinajstić information content (AvgIpc) is 3.00. The number of likely N-dealkylation sites (tertiary alicyclic amines) is 1. The largest absolute Gasteiger partial charge is 0.416 e. The molecule has 1 saturated carbocycles. The Kier molecular flexibility index (Phi) is 2.66. The predicted molar refractivity (Wildman–Crippen MR) is 62.9 cm³/mol. The van der Waals surface area contributed by atoms with Crippen LogP contribution in [0.1, 0.15) is 24.5 Å². The van der Waals surface area contributed by atoms with Gasteiger partial charge < -0.3 is 0 Å². The molecular formula is C14H16F3N. The minimum atomic E-state index is -4.24. The van der Waals surface area contributed by atoms with Gasteiger partial charge in [-0.15, -0.1) is 0 Å². The Morgan fingerprint density at radius 3 is 2.39 bits per heavy atom. The summed E-state index contributed by atoms with van der Waals surface area (Å²) in [5.74, 6) is 1.67. The Hall–Kier alpha value is -1.03. The molecule has 2 fully saturated rings. The zero-order valence-electron chi connectivity index (χ0n) is 10.2. The van der Waals surface area contributed by atoms with Crippen LogP contribution in [0, 0.1) is 11.8 Å². The second-order valence-corrected chi connectivity index (χ2v) is 5.52.